The van der Waals surface area contributed by atoms with Gasteiger partial charge in [0.15, 0.2) is 0 Å². The molecule has 0 aromatic rings. The highest BCUT2D eigenvalue weighted by Crippen LogP contribution is 2.40. The van der Waals surface area contributed by atoms with E-state index in [1.165, 1.54) is 51.4 Å². The summed E-state index contributed by atoms with van der Waals surface area (Å²) in [6.07, 6.45) is 11.2. The van der Waals surface area contributed by atoms with Crippen molar-refractivity contribution >= 4 is 0 Å². The first-order chi connectivity index (χ1) is 7.74. The topological polar surface area (TPSA) is 29.3 Å². The van der Waals surface area contributed by atoms with Gasteiger partial charge in [-0.3, -0.25) is 4.90 Å². The second-order valence-electron chi connectivity index (χ2n) is 6.49. The summed E-state index contributed by atoms with van der Waals surface area (Å²) in [5.74, 6) is 0.953. The monoisotopic (exact) mass is 222 g/mol. The predicted molar refractivity (Wildman–Crippen MR) is 67.3 cm³/mol. The predicted octanol–water partition coefficient (Wildman–Crippen LogP) is 2.52. The smallest absolute Gasteiger partial charge is 0.0116 e. The van der Waals surface area contributed by atoms with Gasteiger partial charge in [-0.1, -0.05) is 19.8 Å². The average molecular weight is 222 g/mol. The van der Waals surface area contributed by atoms with Gasteiger partial charge in [0.1, 0.15) is 0 Å². The van der Waals surface area contributed by atoms with E-state index < -0.39 is 0 Å². The molecule has 0 radical (unpaired) electrons. The van der Waals surface area contributed by atoms with Crippen LogP contribution in [0.3, 0.4) is 0 Å². The summed E-state index contributed by atoms with van der Waals surface area (Å²) in [5.41, 5.74) is 6.15. The molecule has 16 heavy (non-hydrogen) atoms. The van der Waals surface area contributed by atoms with Gasteiger partial charge in [-0.15, -0.1) is 0 Å². The van der Waals surface area contributed by atoms with Crippen LogP contribution < -0.4 is 5.73 Å². The maximum Gasteiger partial charge on any atom is 0.0116 e. The number of hydrogen-bond donors (Lipinski definition) is 1. The van der Waals surface area contributed by atoms with Gasteiger partial charge in [-0.25, -0.2) is 0 Å². The van der Waals surface area contributed by atoms with E-state index in [1.54, 1.807) is 0 Å². The molecule has 2 heteroatoms. The molecule has 1 saturated carbocycles. The van der Waals surface area contributed by atoms with E-state index in [4.69, 9.17) is 5.73 Å². The second kappa shape index (κ2) is 4.30. The molecule has 3 aliphatic rings. The van der Waals surface area contributed by atoms with Crippen molar-refractivity contribution in [2.75, 3.05) is 0 Å². The highest BCUT2D eigenvalue weighted by molar-refractivity contribution is 5.00. The van der Waals surface area contributed by atoms with Crippen molar-refractivity contribution in [2.24, 2.45) is 11.7 Å². The molecule has 2 saturated heterocycles. The molecular weight excluding hydrogens is 196 g/mol. The van der Waals surface area contributed by atoms with Gasteiger partial charge in [0, 0.05) is 24.2 Å². The van der Waals surface area contributed by atoms with Gasteiger partial charge in [0.25, 0.3) is 0 Å². The Bertz CT molecular complexity index is 239. The second-order valence-corrected chi connectivity index (χ2v) is 6.49. The zero-order valence-electron chi connectivity index (χ0n) is 10.6. The minimum Gasteiger partial charge on any atom is -0.328 e. The van der Waals surface area contributed by atoms with Gasteiger partial charge in [-0.2, -0.15) is 0 Å². The first-order valence-electron chi connectivity index (χ1n) is 7.27. The highest BCUT2D eigenvalue weighted by atomic mass is 15.3. The molecule has 0 amide bonds. The number of fused-ring (bicyclic) bond motifs is 2. The molecule has 92 valence electrons. The van der Waals surface area contributed by atoms with Crippen LogP contribution in [0.25, 0.3) is 0 Å². The molecule has 2 nitrogen and oxygen atoms in total. The van der Waals surface area contributed by atoms with Crippen molar-refractivity contribution in [1.82, 2.24) is 4.90 Å². The minimum atomic E-state index is 0.495. The summed E-state index contributed by atoms with van der Waals surface area (Å²) < 4.78 is 0. The fourth-order valence-corrected chi connectivity index (χ4v) is 4.52. The lowest BCUT2D eigenvalue weighted by molar-refractivity contribution is 0.0472. The standard InChI is InChI=1S/C14H26N2/c1-10-3-2-4-12(7-10)16-13-5-6-14(16)9-11(15)8-13/h10-14H,2-9,15H2,1H3. The first-order valence-corrected chi connectivity index (χ1v) is 7.27. The van der Waals surface area contributed by atoms with E-state index in [1.807, 2.05) is 0 Å². The summed E-state index contributed by atoms with van der Waals surface area (Å²) in [6.45, 7) is 2.43. The van der Waals surface area contributed by atoms with Gasteiger partial charge < -0.3 is 5.73 Å². The molecule has 0 aromatic carbocycles. The minimum absolute atomic E-state index is 0.495. The summed E-state index contributed by atoms with van der Waals surface area (Å²) in [6, 6.07) is 3.07. The molecule has 1 aliphatic carbocycles. The normalized spacial score (nSPS) is 49.5. The molecule has 2 heterocycles. The summed E-state index contributed by atoms with van der Waals surface area (Å²) in [5, 5.41) is 0. The molecule has 2 bridgehead atoms. The maximum absolute atomic E-state index is 6.15. The van der Waals surface area contributed by atoms with Crippen LogP contribution in [0.2, 0.25) is 0 Å². The van der Waals surface area contributed by atoms with Gasteiger partial charge in [0.2, 0.25) is 0 Å². The van der Waals surface area contributed by atoms with Crippen molar-refractivity contribution in [3.8, 4) is 0 Å². The summed E-state index contributed by atoms with van der Waals surface area (Å²) >= 11 is 0. The van der Waals surface area contributed by atoms with Crippen molar-refractivity contribution in [3.05, 3.63) is 0 Å². The molecule has 3 fully saturated rings. The van der Waals surface area contributed by atoms with Gasteiger partial charge >= 0.3 is 0 Å². The Morgan fingerprint density at radius 2 is 1.50 bits per heavy atom. The number of nitrogens with zero attached hydrogens (tertiary/aromatic N) is 1. The number of rotatable bonds is 1. The van der Waals surface area contributed by atoms with Crippen LogP contribution in [0, 0.1) is 5.92 Å². The van der Waals surface area contributed by atoms with E-state index in [9.17, 15) is 0 Å². The molecule has 4 unspecified atom stereocenters. The molecule has 2 aliphatic heterocycles. The third kappa shape index (κ3) is 1.91. The third-order valence-corrected chi connectivity index (χ3v) is 5.16. The fraction of sp³-hybridized carbons (Fsp3) is 1.00. The zero-order valence-corrected chi connectivity index (χ0v) is 10.6. The van der Waals surface area contributed by atoms with Gasteiger partial charge in [0.05, 0.1) is 0 Å². The molecule has 0 spiro atoms. The van der Waals surface area contributed by atoms with Crippen molar-refractivity contribution in [3.63, 3.8) is 0 Å². The number of nitrogens with two attached hydrogens (primary N) is 1. The zero-order chi connectivity index (χ0) is 11.1. The van der Waals surface area contributed by atoms with Gasteiger partial charge in [-0.05, 0) is 44.4 Å². The summed E-state index contributed by atoms with van der Waals surface area (Å²) in [4.78, 5) is 2.89. The lowest BCUT2D eigenvalue weighted by Gasteiger charge is -2.45. The molecule has 3 rings (SSSR count). The number of hydrogen-bond acceptors (Lipinski definition) is 2. The lowest BCUT2D eigenvalue weighted by atomic mass is 9.84. The summed E-state index contributed by atoms with van der Waals surface area (Å²) in [7, 11) is 0. The Morgan fingerprint density at radius 1 is 0.875 bits per heavy atom. The molecular formula is C14H26N2. The largest absolute Gasteiger partial charge is 0.328 e. The lowest BCUT2D eigenvalue weighted by Crippen LogP contribution is -2.52. The Morgan fingerprint density at radius 3 is 2.12 bits per heavy atom. The van der Waals surface area contributed by atoms with E-state index in [2.05, 4.69) is 11.8 Å². The first kappa shape index (κ1) is 11.0. The Hall–Kier alpha value is -0.0800. The van der Waals surface area contributed by atoms with E-state index >= 15 is 0 Å². The third-order valence-electron chi connectivity index (χ3n) is 5.16. The molecule has 2 N–H and O–H groups in total. The van der Waals surface area contributed by atoms with Crippen LogP contribution in [0.1, 0.15) is 58.3 Å². The maximum atomic E-state index is 6.15. The molecule has 0 aromatic heterocycles. The van der Waals surface area contributed by atoms with Crippen molar-refractivity contribution < 1.29 is 0 Å². The van der Waals surface area contributed by atoms with Crippen LogP contribution >= 0.6 is 0 Å². The van der Waals surface area contributed by atoms with E-state index in [0.29, 0.717) is 6.04 Å². The molecule has 4 atom stereocenters. The number of piperidine rings is 1. The van der Waals surface area contributed by atoms with E-state index in [-0.39, 0.29) is 0 Å². The Kier molecular flexibility index (Phi) is 2.97. The Labute approximate surface area is 99.6 Å². The Balaban J connectivity index is 1.70. The van der Waals surface area contributed by atoms with Crippen molar-refractivity contribution in [1.29, 1.82) is 0 Å². The highest BCUT2D eigenvalue weighted by Gasteiger charge is 2.43. The fourth-order valence-electron chi connectivity index (χ4n) is 4.52. The quantitative estimate of drug-likeness (QED) is 0.738. The van der Waals surface area contributed by atoms with Crippen LogP contribution in [0.15, 0.2) is 0 Å². The van der Waals surface area contributed by atoms with Crippen molar-refractivity contribution in [2.45, 2.75) is 82.5 Å². The SMILES string of the molecule is CC1CCCC(N2C3CCC2CC(N)C3)C1. The van der Waals surface area contributed by atoms with E-state index in [0.717, 1.165) is 24.0 Å². The van der Waals surface area contributed by atoms with Crippen LogP contribution in [0.5, 0.6) is 0 Å². The van der Waals surface area contributed by atoms with Crippen LogP contribution in [-0.4, -0.2) is 29.1 Å². The van der Waals surface area contributed by atoms with Crippen LogP contribution in [-0.2, 0) is 0 Å². The average Bonchev–Trinajstić information content (AvgIpc) is 2.51. The van der Waals surface area contributed by atoms with Crippen LogP contribution in [0.4, 0.5) is 0 Å².